The van der Waals surface area contributed by atoms with E-state index in [1.54, 1.807) is 4.57 Å². The van der Waals surface area contributed by atoms with Crippen molar-refractivity contribution < 1.29 is 9.57 Å². The first-order valence-electron chi connectivity index (χ1n) is 9.67. The van der Waals surface area contributed by atoms with Gasteiger partial charge >= 0.3 is 5.69 Å². The summed E-state index contributed by atoms with van der Waals surface area (Å²) in [6, 6.07) is 0. The van der Waals surface area contributed by atoms with Crippen LogP contribution in [0.15, 0.2) is 11.1 Å². The van der Waals surface area contributed by atoms with Crippen molar-refractivity contribution >= 4 is 17.0 Å². The Morgan fingerprint density at radius 2 is 1.88 bits per heavy atom. The standard InChI is InChI=1S/C18H27N5O3/c19-16-15-17(21-12-20-16)22(10-13-6-8-25-9-7-13)18(24)23(15)26-11-14-4-2-1-3-5-14/h12-14H,1-11H2,(H2,19,20,21). The van der Waals surface area contributed by atoms with Gasteiger partial charge in [0.2, 0.25) is 0 Å². The molecule has 2 aromatic rings. The molecule has 2 fully saturated rings. The number of nitrogens with two attached hydrogens (primary N) is 1. The van der Waals surface area contributed by atoms with Crippen LogP contribution in [0.3, 0.4) is 0 Å². The van der Waals surface area contributed by atoms with Gasteiger partial charge in [-0.05, 0) is 37.5 Å². The molecule has 0 unspecified atom stereocenters. The predicted octanol–water partition coefficient (Wildman–Crippen LogP) is 1.61. The lowest BCUT2D eigenvalue weighted by Crippen LogP contribution is -2.34. The first-order valence-corrected chi connectivity index (χ1v) is 9.67. The summed E-state index contributed by atoms with van der Waals surface area (Å²) in [5, 5.41) is 0. The number of nitrogen functional groups attached to an aromatic ring is 1. The minimum atomic E-state index is -0.213. The molecule has 8 heteroatoms. The van der Waals surface area contributed by atoms with Gasteiger partial charge in [0.15, 0.2) is 17.0 Å². The molecule has 0 bridgehead atoms. The van der Waals surface area contributed by atoms with Gasteiger partial charge in [-0.1, -0.05) is 19.3 Å². The van der Waals surface area contributed by atoms with Crippen molar-refractivity contribution in [3.05, 3.63) is 16.8 Å². The number of fused-ring (bicyclic) bond motifs is 1. The molecular weight excluding hydrogens is 334 g/mol. The Labute approximate surface area is 152 Å². The number of imidazole rings is 1. The topological polar surface area (TPSA) is 97.2 Å². The van der Waals surface area contributed by atoms with Crippen LogP contribution in [-0.2, 0) is 11.3 Å². The van der Waals surface area contributed by atoms with Gasteiger partial charge < -0.3 is 15.3 Å². The quantitative estimate of drug-likeness (QED) is 0.869. The molecule has 3 heterocycles. The highest BCUT2D eigenvalue weighted by Gasteiger charge is 2.23. The zero-order valence-electron chi connectivity index (χ0n) is 15.1. The van der Waals surface area contributed by atoms with Crippen LogP contribution in [0.25, 0.3) is 11.2 Å². The van der Waals surface area contributed by atoms with E-state index in [1.165, 1.54) is 30.3 Å². The minimum Gasteiger partial charge on any atom is -0.408 e. The van der Waals surface area contributed by atoms with Gasteiger partial charge in [0.25, 0.3) is 0 Å². The molecule has 2 aliphatic rings. The van der Waals surface area contributed by atoms with E-state index in [-0.39, 0.29) is 11.5 Å². The highest BCUT2D eigenvalue weighted by atomic mass is 16.7. The molecule has 1 saturated heterocycles. The molecule has 0 atom stereocenters. The molecular formula is C18H27N5O3. The molecule has 2 N–H and O–H groups in total. The lowest BCUT2D eigenvalue weighted by molar-refractivity contribution is 0.0569. The van der Waals surface area contributed by atoms with Gasteiger partial charge in [-0.15, -0.1) is 4.73 Å². The molecule has 4 rings (SSSR count). The summed E-state index contributed by atoms with van der Waals surface area (Å²) in [5.74, 6) is 1.17. The third kappa shape index (κ3) is 3.42. The number of hydrogen-bond acceptors (Lipinski definition) is 6. The fourth-order valence-corrected chi connectivity index (χ4v) is 4.08. The number of nitrogens with zero attached hydrogens (tertiary/aromatic N) is 4. The Balaban J connectivity index is 1.63. The third-order valence-corrected chi connectivity index (χ3v) is 5.64. The SMILES string of the molecule is Nc1ncnc2c1n(OCC1CCCCC1)c(=O)n2CC1CCOCC1. The smallest absolute Gasteiger partial charge is 0.363 e. The first kappa shape index (κ1) is 17.3. The van der Waals surface area contributed by atoms with Crippen LogP contribution < -0.4 is 16.3 Å². The van der Waals surface area contributed by atoms with Gasteiger partial charge in [-0.25, -0.2) is 14.8 Å². The normalized spacial score (nSPS) is 19.8. The maximum absolute atomic E-state index is 13.0. The molecule has 1 aliphatic heterocycles. The zero-order valence-corrected chi connectivity index (χ0v) is 15.1. The van der Waals surface area contributed by atoms with E-state index in [4.69, 9.17) is 15.3 Å². The molecule has 26 heavy (non-hydrogen) atoms. The largest absolute Gasteiger partial charge is 0.408 e. The fraction of sp³-hybridized carbons (Fsp3) is 0.722. The second-order valence-electron chi connectivity index (χ2n) is 7.47. The van der Waals surface area contributed by atoms with Gasteiger partial charge in [-0.3, -0.25) is 4.57 Å². The molecule has 8 nitrogen and oxygen atoms in total. The summed E-state index contributed by atoms with van der Waals surface area (Å²) in [5.41, 5.74) is 6.88. The summed E-state index contributed by atoms with van der Waals surface area (Å²) in [4.78, 5) is 27.4. The zero-order chi connectivity index (χ0) is 17.9. The number of ether oxygens (including phenoxy) is 1. The predicted molar refractivity (Wildman–Crippen MR) is 97.8 cm³/mol. The van der Waals surface area contributed by atoms with Crippen LogP contribution in [0.5, 0.6) is 0 Å². The average Bonchev–Trinajstić information content (AvgIpc) is 2.95. The van der Waals surface area contributed by atoms with Crippen LogP contribution in [0, 0.1) is 11.8 Å². The van der Waals surface area contributed by atoms with Crippen LogP contribution in [-0.4, -0.2) is 39.1 Å². The van der Waals surface area contributed by atoms with Crippen molar-refractivity contribution in [3.63, 3.8) is 0 Å². The van der Waals surface area contributed by atoms with E-state index in [1.807, 2.05) is 0 Å². The molecule has 0 spiro atoms. The van der Waals surface area contributed by atoms with E-state index in [9.17, 15) is 4.79 Å². The van der Waals surface area contributed by atoms with Crippen molar-refractivity contribution in [1.82, 2.24) is 19.3 Å². The summed E-state index contributed by atoms with van der Waals surface area (Å²) in [6.07, 6.45) is 9.37. The minimum absolute atomic E-state index is 0.213. The van der Waals surface area contributed by atoms with E-state index < -0.39 is 0 Å². The number of rotatable bonds is 5. The van der Waals surface area contributed by atoms with Crippen LogP contribution in [0.1, 0.15) is 44.9 Å². The van der Waals surface area contributed by atoms with E-state index in [2.05, 4.69) is 9.97 Å². The highest BCUT2D eigenvalue weighted by Crippen LogP contribution is 2.24. The molecule has 1 saturated carbocycles. The summed E-state index contributed by atoms with van der Waals surface area (Å²) in [7, 11) is 0. The monoisotopic (exact) mass is 361 g/mol. The molecule has 142 valence electrons. The fourth-order valence-electron chi connectivity index (χ4n) is 4.08. The number of aromatic nitrogens is 4. The van der Waals surface area contributed by atoms with Crippen molar-refractivity contribution in [3.8, 4) is 0 Å². The van der Waals surface area contributed by atoms with Crippen molar-refractivity contribution in [2.24, 2.45) is 11.8 Å². The summed E-state index contributed by atoms with van der Waals surface area (Å²) >= 11 is 0. The van der Waals surface area contributed by atoms with Crippen LogP contribution >= 0.6 is 0 Å². The van der Waals surface area contributed by atoms with E-state index >= 15 is 0 Å². The number of hydrogen-bond donors (Lipinski definition) is 1. The Kier molecular flexibility index (Phi) is 5.10. The lowest BCUT2D eigenvalue weighted by Gasteiger charge is -2.22. The summed E-state index contributed by atoms with van der Waals surface area (Å²) in [6.45, 7) is 2.63. The summed E-state index contributed by atoms with van der Waals surface area (Å²) < 4.78 is 8.43. The van der Waals surface area contributed by atoms with Crippen molar-refractivity contribution in [1.29, 1.82) is 0 Å². The molecule has 1 aliphatic carbocycles. The maximum atomic E-state index is 13.0. The second-order valence-corrected chi connectivity index (χ2v) is 7.47. The Morgan fingerprint density at radius 3 is 2.65 bits per heavy atom. The van der Waals surface area contributed by atoms with Crippen molar-refractivity contribution in [2.75, 3.05) is 25.6 Å². The Morgan fingerprint density at radius 1 is 1.12 bits per heavy atom. The van der Waals surface area contributed by atoms with Crippen molar-refractivity contribution in [2.45, 2.75) is 51.5 Å². The second kappa shape index (κ2) is 7.65. The van der Waals surface area contributed by atoms with E-state index in [0.717, 1.165) is 38.9 Å². The average molecular weight is 361 g/mol. The van der Waals surface area contributed by atoms with Gasteiger partial charge in [0.05, 0.1) is 0 Å². The molecule has 2 aromatic heterocycles. The van der Waals surface area contributed by atoms with Gasteiger partial charge in [0.1, 0.15) is 12.9 Å². The third-order valence-electron chi connectivity index (χ3n) is 5.64. The first-order chi connectivity index (χ1) is 12.7. The van der Waals surface area contributed by atoms with E-state index in [0.29, 0.717) is 36.2 Å². The molecule has 0 radical (unpaired) electrons. The van der Waals surface area contributed by atoms with Crippen LogP contribution in [0.4, 0.5) is 5.82 Å². The Hall–Kier alpha value is -2.09. The molecule has 0 aromatic carbocycles. The van der Waals surface area contributed by atoms with Gasteiger partial charge in [-0.2, -0.15) is 0 Å². The van der Waals surface area contributed by atoms with Crippen LogP contribution in [0.2, 0.25) is 0 Å². The maximum Gasteiger partial charge on any atom is 0.363 e. The number of anilines is 1. The highest BCUT2D eigenvalue weighted by molar-refractivity contribution is 5.81. The lowest BCUT2D eigenvalue weighted by atomic mass is 9.90. The molecule has 0 amide bonds. The van der Waals surface area contributed by atoms with Gasteiger partial charge in [0, 0.05) is 19.8 Å². The Bertz CT molecular complexity index is 803.